The van der Waals surface area contributed by atoms with Crippen LogP contribution in [0.15, 0.2) is 47.4 Å². The molecule has 1 saturated carbocycles. The van der Waals surface area contributed by atoms with Gasteiger partial charge in [0.1, 0.15) is 5.75 Å². The molecular formula is C33H39ClN4O5S. The summed E-state index contributed by atoms with van der Waals surface area (Å²) in [4.78, 5) is 15.3. The Morgan fingerprint density at radius 2 is 2.00 bits per heavy atom. The van der Waals surface area contributed by atoms with Crippen LogP contribution >= 0.6 is 11.6 Å². The smallest absolute Gasteiger partial charge is 0.264 e. The predicted molar refractivity (Wildman–Crippen MR) is 168 cm³/mol. The number of hydrogen-bond donors (Lipinski definition) is 1. The number of hydrogen-bond acceptors (Lipinski definition) is 7. The van der Waals surface area contributed by atoms with E-state index in [1.54, 1.807) is 19.2 Å². The van der Waals surface area contributed by atoms with E-state index in [1.807, 2.05) is 23.7 Å². The van der Waals surface area contributed by atoms with Gasteiger partial charge in [-0.1, -0.05) is 17.7 Å². The summed E-state index contributed by atoms with van der Waals surface area (Å²) in [5.41, 5.74) is 4.47. The van der Waals surface area contributed by atoms with Gasteiger partial charge >= 0.3 is 0 Å². The minimum Gasteiger partial charge on any atom is -0.490 e. The van der Waals surface area contributed by atoms with Crippen molar-refractivity contribution >= 4 is 33.2 Å². The molecule has 2 aliphatic carbocycles. The largest absolute Gasteiger partial charge is 0.490 e. The third-order valence-electron chi connectivity index (χ3n) is 10.3. The molecule has 4 aliphatic rings. The SMILES string of the molecule is COC1CCn2nc(cc2C)CC(=O)NS(=O)(=O)c2ccc3c(c2)N(C[C@@H]2CC[C@@H]12)C[C@@]1(CCCc2cc(Cl)ccc21)CO3. The number of benzene rings is 2. The Morgan fingerprint density at radius 3 is 2.80 bits per heavy atom. The number of amides is 1. The number of carbonyl (C=O) groups is 1. The van der Waals surface area contributed by atoms with Crippen molar-refractivity contribution in [3.63, 3.8) is 0 Å². The molecule has 1 spiro atoms. The first-order valence-corrected chi connectivity index (χ1v) is 17.4. The van der Waals surface area contributed by atoms with Crippen molar-refractivity contribution in [2.45, 2.75) is 74.8 Å². The van der Waals surface area contributed by atoms with Gasteiger partial charge in [-0.05, 0) is 105 Å². The van der Waals surface area contributed by atoms with Crippen LogP contribution in [0.2, 0.25) is 5.02 Å². The van der Waals surface area contributed by atoms with Crippen molar-refractivity contribution in [2.24, 2.45) is 11.8 Å². The van der Waals surface area contributed by atoms with Gasteiger partial charge in [-0.3, -0.25) is 9.48 Å². The van der Waals surface area contributed by atoms with E-state index in [4.69, 9.17) is 21.1 Å². The van der Waals surface area contributed by atoms with Crippen LogP contribution in [0.25, 0.3) is 0 Å². The minimum absolute atomic E-state index is 0.0379. The number of sulfonamides is 1. The Balaban J connectivity index is 1.30. The molecule has 4 bridgehead atoms. The number of fused-ring (bicyclic) bond motifs is 6. The van der Waals surface area contributed by atoms with Crippen LogP contribution in [0.4, 0.5) is 5.69 Å². The van der Waals surface area contributed by atoms with Crippen LogP contribution in [0.3, 0.4) is 0 Å². The lowest BCUT2D eigenvalue weighted by atomic mass is 9.68. The number of nitrogens with one attached hydrogen (secondary N) is 1. The lowest BCUT2D eigenvalue weighted by Gasteiger charge is -2.46. The highest BCUT2D eigenvalue weighted by Gasteiger charge is 2.44. The van der Waals surface area contributed by atoms with Gasteiger partial charge in [0.2, 0.25) is 5.91 Å². The van der Waals surface area contributed by atoms with E-state index in [0.29, 0.717) is 43.0 Å². The van der Waals surface area contributed by atoms with E-state index in [2.05, 4.69) is 26.9 Å². The quantitative estimate of drug-likeness (QED) is 0.408. The highest BCUT2D eigenvalue weighted by Crippen LogP contribution is 2.47. The average molecular weight is 639 g/mol. The number of anilines is 1. The summed E-state index contributed by atoms with van der Waals surface area (Å²) in [5.74, 6) is 0.792. The van der Waals surface area contributed by atoms with Crippen LogP contribution in [0.1, 0.15) is 54.6 Å². The summed E-state index contributed by atoms with van der Waals surface area (Å²) < 4.78 is 43.8. The molecule has 0 saturated heterocycles. The van der Waals surface area contributed by atoms with Crippen LogP contribution in [0, 0.1) is 18.8 Å². The monoisotopic (exact) mass is 638 g/mol. The average Bonchev–Trinajstić information content (AvgIpc) is 3.24. The molecule has 0 radical (unpaired) electrons. The van der Waals surface area contributed by atoms with E-state index in [9.17, 15) is 13.2 Å². The van der Waals surface area contributed by atoms with Crippen LogP contribution in [0.5, 0.6) is 5.75 Å². The van der Waals surface area contributed by atoms with Crippen LogP contribution in [-0.2, 0) is 44.4 Å². The molecule has 9 nitrogen and oxygen atoms in total. The van der Waals surface area contributed by atoms with Gasteiger partial charge in [0, 0.05) is 42.9 Å². The zero-order valence-corrected chi connectivity index (χ0v) is 26.8. The molecule has 11 heteroatoms. The lowest BCUT2D eigenvalue weighted by molar-refractivity contribution is -0.118. The summed E-state index contributed by atoms with van der Waals surface area (Å²) >= 11 is 6.41. The van der Waals surface area contributed by atoms with Crippen molar-refractivity contribution in [3.05, 3.63) is 70.0 Å². The fourth-order valence-electron chi connectivity index (χ4n) is 7.91. The Hall–Kier alpha value is -3.08. The summed E-state index contributed by atoms with van der Waals surface area (Å²) in [6.45, 7) is 4.56. The van der Waals surface area contributed by atoms with Crippen molar-refractivity contribution < 1.29 is 22.7 Å². The van der Waals surface area contributed by atoms with Gasteiger partial charge in [0.25, 0.3) is 10.0 Å². The Labute approximate surface area is 263 Å². The predicted octanol–water partition coefficient (Wildman–Crippen LogP) is 4.81. The van der Waals surface area contributed by atoms with Crippen LogP contribution < -0.4 is 14.4 Å². The van der Waals surface area contributed by atoms with Gasteiger partial charge in [-0.2, -0.15) is 5.10 Å². The first kappa shape index (κ1) is 29.6. The molecule has 1 fully saturated rings. The standard InChI is InChI=1S/C33H39ClN4O5S/c1-21-14-25-16-32(39)36-44(40,41)26-7-10-31-29(17-26)37(18-23-5-8-27(23)30(42-2)11-13-38(21)35-25)19-33(20-43-31)12-3-4-22-15-24(34)6-9-28(22)33/h6-7,9-10,14-15,17,23,27,30H,3-5,8,11-13,16,18-20H2,1-2H3,(H,36,39)/t23-,27+,30?,33-/m0/s1. The lowest BCUT2D eigenvalue weighted by Crippen LogP contribution is -2.50. The molecule has 2 aliphatic heterocycles. The van der Waals surface area contributed by atoms with Crippen molar-refractivity contribution in [1.29, 1.82) is 0 Å². The first-order chi connectivity index (χ1) is 21.1. The van der Waals surface area contributed by atoms with E-state index < -0.39 is 15.9 Å². The number of ether oxygens (including phenoxy) is 2. The maximum atomic E-state index is 13.5. The highest BCUT2D eigenvalue weighted by molar-refractivity contribution is 7.90. The van der Waals surface area contributed by atoms with E-state index in [0.717, 1.165) is 61.5 Å². The molecule has 3 heterocycles. The maximum absolute atomic E-state index is 13.5. The number of aromatic nitrogens is 2. The number of halogens is 1. The number of methoxy groups -OCH3 is 1. The fourth-order valence-corrected chi connectivity index (χ4v) is 9.11. The molecule has 1 aromatic heterocycles. The molecule has 1 N–H and O–H groups in total. The summed E-state index contributed by atoms with van der Waals surface area (Å²) in [6.07, 6.45) is 5.88. The molecule has 2 aromatic carbocycles. The Morgan fingerprint density at radius 1 is 1.14 bits per heavy atom. The second kappa shape index (κ2) is 11.4. The summed E-state index contributed by atoms with van der Waals surface area (Å²) in [5, 5.41) is 5.35. The molecule has 3 aromatic rings. The molecule has 7 rings (SSSR count). The Bertz CT molecular complexity index is 1710. The normalized spacial score (nSPS) is 28.0. The van der Waals surface area contributed by atoms with Gasteiger partial charge in [-0.25, -0.2) is 13.1 Å². The second-order valence-electron chi connectivity index (χ2n) is 13.0. The summed E-state index contributed by atoms with van der Waals surface area (Å²) in [6, 6.07) is 13.0. The van der Waals surface area contributed by atoms with Gasteiger partial charge in [0.05, 0.1) is 35.4 Å². The van der Waals surface area contributed by atoms with E-state index in [1.165, 1.54) is 17.2 Å². The molecule has 4 atom stereocenters. The second-order valence-corrected chi connectivity index (χ2v) is 15.1. The zero-order valence-electron chi connectivity index (χ0n) is 25.2. The molecule has 1 unspecified atom stereocenters. The first-order valence-electron chi connectivity index (χ1n) is 15.6. The molecule has 44 heavy (non-hydrogen) atoms. The number of nitrogens with zero attached hydrogens (tertiary/aromatic N) is 3. The van der Waals surface area contributed by atoms with Crippen LogP contribution in [-0.4, -0.2) is 57.0 Å². The topological polar surface area (TPSA) is 103 Å². The van der Waals surface area contributed by atoms with Crippen molar-refractivity contribution in [2.75, 3.05) is 31.7 Å². The fraction of sp³-hybridized carbons (Fsp3) is 0.515. The third kappa shape index (κ3) is 5.39. The molecule has 234 valence electrons. The van der Waals surface area contributed by atoms with Gasteiger partial charge < -0.3 is 14.4 Å². The van der Waals surface area contributed by atoms with Crippen molar-refractivity contribution in [3.8, 4) is 5.75 Å². The minimum atomic E-state index is -4.13. The summed E-state index contributed by atoms with van der Waals surface area (Å²) in [7, 11) is -2.34. The third-order valence-corrected chi connectivity index (χ3v) is 11.9. The van der Waals surface area contributed by atoms with E-state index in [-0.39, 0.29) is 22.8 Å². The molecular weight excluding hydrogens is 600 g/mol. The number of carbonyl (C=O) groups excluding carboxylic acids is 1. The zero-order chi connectivity index (χ0) is 30.6. The van der Waals surface area contributed by atoms with Crippen molar-refractivity contribution in [1.82, 2.24) is 14.5 Å². The molecule has 1 amide bonds. The number of aryl methyl sites for hydroxylation is 3. The van der Waals surface area contributed by atoms with E-state index >= 15 is 0 Å². The number of rotatable bonds is 1. The van der Waals surface area contributed by atoms with Gasteiger partial charge in [0.15, 0.2) is 0 Å². The maximum Gasteiger partial charge on any atom is 0.264 e. The van der Waals surface area contributed by atoms with Gasteiger partial charge in [-0.15, -0.1) is 0 Å². The highest BCUT2D eigenvalue weighted by atomic mass is 35.5. The Kier molecular flexibility index (Phi) is 7.66.